The van der Waals surface area contributed by atoms with Crippen LogP contribution < -0.4 is 5.32 Å². The molecule has 2 aliphatic rings. The normalized spacial score (nSPS) is 25.2. The molecule has 1 N–H and O–H groups in total. The first kappa shape index (κ1) is 14.4. The molecular formula is C16H20N2O2S. The highest BCUT2D eigenvalue weighted by Crippen LogP contribution is 2.29. The van der Waals surface area contributed by atoms with Gasteiger partial charge in [0.25, 0.3) is 5.91 Å². The number of hydrogen-bond donors (Lipinski definition) is 1. The summed E-state index contributed by atoms with van der Waals surface area (Å²) < 4.78 is 0. The van der Waals surface area contributed by atoms with E-state index in [0.29, 0.717) is 5.56 Å². The molecule has 1 aliphatic heterocycles. The molecule has 4 nitrogen and oxygen atoms in total. The Hall–Kier alpha value is -1.49. The lowest BCUT2D eigenvalue weighted by Gasteiger charge is -2.44. The van der Waals surface area contributed by atoms with Gasteiger partial charge in [-0.05, 0) is 31.2 Å². The Balaban J connectivity index is 1.89. The molecule has 1 aromatic carbocycles. The first-order chi connectivity index (χ1) is 10.2. The van der Waals surface area contributed by atoms with Gasteiger partial charge in [0.15, 0.2) is 0 Å². The number of nitrogens with one attached hydrogen (secondary N) is 1. The molecule has 112 valence electrons. The molecule has 0 aromatic heterocycles. The minimum absolute atomic E-state index is 0.00769. The van der Waals surface area contributed by atoms with Crippen molar-refractivity contribution in [1.29, 1.82) is 0 Å². The van der Waals surface area contributed by atoms with Crippen molar-refractivity contribution in [2.45, 2.75) is 42.7 Å². The number of amides is 2. The van der Waals surface area contributed by atoms with Crippen molar-refractivity contribution < 1.29 is 9.59 Å². The lowest BCUT2D eigenvalue weighted by molar-refractivity contribution is -0.127. The minimum atomic E-state index is -0.0341. The molecule has 1 saturated heterocycles. The highest BCUT2D eigenvalue weighted by molar-refractivity contribution is 7.98. The monoisotopic (exact) mass is 304 g/mol. The number of nitrogens with zero attached hydrogens (tertiary/aromatic N) is 1. The second-order valence-electron chi connectivity index (χ2n) is 5.66. The summed E-state index contributed by atoms with van der Waals surface area (Å²) in [6.45, 7) is 0.183. The van der Waals surface area contributed by atoms with Crippen molar-refractivity contribution in [3.05, 3.63) is 29.8 Å². The van der Waals surface area contributed by atoms with E-state index in [1.165, 1.54) is 0 Å². The molecule has 2 atom stereocenters. The van der Waals surface area contributed by atoms with Crippen LogP contribution in [0.3, 0.4) is 0 Å². The van der Waals surface area contributed by atoms with E-state index >= 15 is 0 Å². The minimum Gasteiger partial charge on any atom is -0.350 e. The Kier molecular flexibility index (Phi) is 4.19. The zero-order valence-corrected chi connectivity index (χ0v) is 13.0. The van der Waals surface area contributed by atoms with Gasteiger partial charge in [-0.2, -0.15) is 0 Å². The van der Waals surface area contributed by atoms with Crippen LogP contribution in [0.15, 0.2) is 29.2 Å². The van der Waals surface area contributed by atoms with Crippen molar-refractivity contribution in [2.75, 3.05) is 12.8 Å². The number of rotatable bonds is 2. The fourth-order valence-corrected chi connectivity index (χ4v) is 3.97. The van der Waals surface area contributed by atoms with Crippen LogP contribution in [0.25, 0.3) is 0 Å². The molecule has 0 unspecified atom stereocenters. The Bertz CT molecular complexity index is 561. The molecular weight excluding hydrogens is 284 g/mol. The summed E-state index contributed by atoms with van der Waals surface area (Å²) in [7, 11) is 0. The summed E-state index contributed by atoms with van der Waals surface area (Å²) in [5, 5.41) is 3.05. The number of benzene rings is 1. The van der Waals surface area contributed by atoms with E-state index in [0.717, 1.165) is 30.6 Å². The van der Waals surface area contributed by atoms with Crippen LogP contribution in [-0.2, 0) is 4.79 Å². The number of fused-ring (bicyclic) bond motifs is 1. The fourth-order valence-electron chi connectivity index (χ4n) is 3.38. The molecule has 3 rings (SSSR count). The lowest BCUT2D eigenvalue weighted by Crippen LogP contribution is -2.62. The summed E-state index contributed by atoms with van der Waals surface area (Å²) in [6, 6.07) is 7.92. The van der Waals surface area contributed by atoms with Gasteiger partial charge in [0.05, 0.1) is 11.6 Å². The standard InChI is InChI=1S/C16H20N2O2S/c1-21-14-9-5-2-6-11(14)16(20)18-10-15(19)17-12-7-3-4-8-13(12)18/h2,5-6,9,12-13H,3-4,7-8,10H2,1H3,(H,17,19)/t12-,13+/m0/s1. The zero-order chi connectivity index (χ0) is 14.8. The van der Waals surface area contributed by atoms with Gasteiger partial charge in [-0.3, -0.25) is 9.59 Å². The van der Waals surface area contributed by atoms with E-state index in [1.54, 1.807) is 16.7 Å². The van der Waals surface area contributed by atoms with E-state index in [2.05, 4.69) is 5.32 Å². The summed E-state index contributed by atoms with van der Waals surface area (Å²) in [5.41, 5.74) is 0.712. The van der Waals surface area contributed by atoms with E-state index in [-0.39, 0.29) is 30.4 Å². The summed E-state index contributed by atoms with van der Waals surface area (Å²) in [4.78, 5) is 27.6. The Morgan fingerprint density at radius 2 is 2.05 bits per heavy atom. The number of piperazine rings is 1. The smallest absolute Gasteiger partial charge is 0.255 e. The van der Waals surface area contributed by atoms with Crippen molar-refractivity contribution in [1.82, 2.24) is 10.2 Å². The third-order valence-electron chi connectivity index (χ3n) is 4.39. The Morgan fingerprint density at radius 3 is 2.86 bits per heavy atom. The van der Waals surface area contributed by atoms with E-state index < -0.39 is 0 Å². The average molecular weight is 304 g/mol. The number of hydrogen-bond acceptors (Lipinski definition) is 3. The fraction of sp³-hybridized carbons (Fsp3) is 0.500. The molecule has 0 radical (unpaired) electrons. The van der Waals surface area contributed by atoms with Gasteiger partial charge in [0.1, 0.15) is 6.54 Å². The van der Waals surface area contributed by atoms with Gasteiger partial charge in [0.2, 0.25) is 5.91 Å². The van der Waals surface area contributed by atoms with Crippen LogP contribution >= 0.6 is 11.8 Å². The third-order valence-corrected chi connectivity index (χ3v) is 5.18. The zero-order valence-electron chi connectivity index (χ0n) is 12.2. The van der Waals surface area contributed by atoms with E-state index in [4.69, 9.17) is 0 Å². The van der Waals surface area contributed by atoms with Gasteiger partial charge in [0, 0.05) is 10.9 Å². The Labute approximate surface area is 129 Å². The topological polar surface area (TPSA) is 49.4 Å². The first-order valence-corrected chi connectivity index (χ1v) is 8.66. The van der Waals surface area contributed by atoms with Crippen LogP contribution in [0.4, 0.5) is 0 Å². The second kappa shape index (κ2) is 6.10. The van der Waals surface area contributed by atoms with Crippen molar-refractivity contribution in [2.24, 2.45) is 0 Å². The van der Waals surface area contributed by atoms with Crippen LogP contribution in [0.5, 0.6) is 0 Å². The first-order valence-electron chi connectivity index (χ1n) is 7.44. The lowest BCUT2D eigenvalue weighted by atomic mass is 9.87. The van der Waals surface area contributed by atoms with Gasteiger partial charge in [-0.25, -0.2) is 0 Å². The molecule has 1 saturated carbocycles. The molecule has 0 bridgehead atoms. The maximum absolute atomic E-state index is 12.9. The quantitative estimate of drug-likeness (QED) is 0.853. The summed E-state index contributed by atoms with van der Waals surface area (Å²) in [6.07, 6.45) is 6.19. The molecule has 1 heterocycles. The molecule has 1 aliphatic carbocycles. The largest absolute Gasteiger partial charge is 0.350 e. The molecule has 2 fully saturated rings. The van der Waals surface area contributed by atoms with Crippen molar-refractivity contribution in [3.63, 3.8) is 0 Å². The Morgan fingerprint density at radius 1 is 1.29 bits per heavy atom. The van der Waals surface area contributed by atoms with E-state index in [9.17, 15) is 9.59 Å². The number of thioether (sulfide) groups is 1. The highest BCUT2D eigenvalue weighted by atomic mass is 32.2. The molecule has 2 amide bonds. The molecule has 21 heavy (non-hydrogen) atoms. The third kappa shape index (κ3) is 2.79. The summed E-state index contributed by atoms with van der Waals surface area (Å²) in [5.74, 6) is -0.0418. The highest BCUT2D eigenvalue weighted by Gasteiger charge is 2.39. The van der Waals surface area contributed by atoms with Gasteiger partial charge >= 0.3 is 0 Å². The van der Waals surface area contributed by atoms with Gasteiger partial charge in [-0.1, -0.05) is 25.0 Å². The van der Waals surface area contributed by atoms with Crippen LogP contribution in [0.2, 0.25) is 0 Å². The maximum Gasteiger partial charge on any atom is 0.255 e. The van der Waals surface area contributed by atoms with E-state index in [1.807, 2.05) is 30.5 Å². The average Bonchev–Trinajstić information content (AvgIpc) is 2.53. The van der Waals surface area contributed by atoms with Crippen LogP contribution in [-0.4, -0.2) is 41.6 Å². The molecule has 0 spiro atoms. The van der Waals surface area contributed by atoms with Gasteiger partial charge < -0.3 is 10.2 Å². The number of carbonyl (C=O) groups excluding carboxylic acids is 2. The predicted molar refractivity (Wildman–Crippen MR) is 83.4 cm³/mol. The van der Waals surface area contributed by atoms with Crippen LogP contribution in [0, 0.1) is 0 Å². The summed E-state index contributed by atoms with van der Waals surface area (Å²) >= 11 is 1.57. The second-order valence-corrected chi connectivity index (χ2v) is 6.51. The van der Waals surface area contributed by atoms with Crippen LogP contribution in [0.1, 0.15) is 36.0 Å². The SMILES string of the molecule is CSc1ccccc1C(=O)N1CC(=O)N[C@H]2CCCC[C@H]21. The van der Waals surface area contributed by atoms with Crippen molar-refractivity contribution in [3.8, 4) is 0 Å². The van der Waals surface area contributed by atoms with Gasteiger partial charge in [-0.15, -0.1) is 11.8 Å². The number of carbonyl (C=O) groups is 2. The predicted octanol–water partition coefficient (Wildman–Crippen LogP) is 2.29. The van der Waals surface area contributed by atoms with Crippen molar-refractivity contribution >= 4 is 23.6 Å². The molecule has 1 aromatic rings. The maximum atomic E-state index is 12.9. The molecule has 5 heteroatoms.